The monoisotopic (exact) mass is 487 g/mol. The van der Waals surface area contributed by atoms with Crippen molar-refractivity contribution in [2.75, 3.05) is 11.9 Å². The van der Waals surface area contributed by atoms with Crippen LogP contribution in [0.15, 0.2) is 78.9 Å². The lowest BCUT2D eigenvalue weighted by molar-refractivity contribution is -0.137. The molecule has 4 rings (SSSR count). The van der Waals surface area contributed by atoms with E-state index in [0.29, 0.717) is 22.1 Å². The quantitative estimate of drug-likeness (QED) is 0.508. The number of urea groups is 1. The van der Waals surface area contributed by atoms with Gasteiger partial charge in [-0.25, -0.2) is 4.79 Å². The van der Waals surface area contributed by atoms with E-state index in [1.54, 1.807) is 60.7 Å². The van der Waals surface area contributed by atoms with Crippen LogP contribution in [0.2, 0.25) is 5.02 Å². The average Bonchev–Trinajstić information content (AvgIpc) is 3.06. The molecule has 3 aromatic rings. The van der Waals surface area contributed by atoms with Crippen molar-refractivity contribution in [2.45, 2.75) is 11.7 Å². The molecule has 1 heterocycles. The fraction of sp³-hybridized carbons (Fsp3) is 0.125. The first-order chi connectivity index (χ1) is 16.1. The molecule has 4 amide bonds. The Morgan fingerprint density at radius 3 is 2.03 bits per heavy atom. The molecular weight excluding hydrogens is 471 g/mol. The Balaban J connectivity index is 1.64. The number of carbonyl (C=O) groups is 3. The summed E-state index contributed by atoms with van der Waals surface area (Å²) in [5, 5.41) is 4.64. The van der Waals surface area contributed by atoms with Crippen molar-refractivity contribution in [1.82, 2.24) is 10.2 Å². The van der Waals surface area contributed by atoms with Crippen molar-refractivity contribution >= 4 is 35.1 Å². The molecule has 34 heavy (non-hydrogen) atoms. The summed E-state index contributed by atoms with van der Waals surface area (Å²) >= 11 is 5.66. The fourth-order valence-electron chi connectivity index (χ4n) is 3.85. The van der Waals surface area contributed by atoms with E-state index in [1.807, 2.05) is 0 Å². The van der Waals surface area contributed by atoms with E-state index in [0.717, 1.165) is 6.07 Å². The second kappa shape index (κ2) is 8.83. The van der Waals surface area contributed by atoms with Crippen LogP contribution in [-0.4, -0.2) is 29.3 Å². The van der Waals surface area contributed by atoms with Gasteiger partial charge in [0.1, 0.15) is 6.54 Å². The highest BCUT2D eigenvalue weighted by molar-refractivity contribution is 6.30. The largest absolute Gasteiger partial charge is 0.418 e. The first-order valence-electron chi connectivity index (χ1n) is 10.0. The molecule has 2 N–H and O–H groups in total. The average molecular weight is 488 g/mol. The van der Waals surface area contributed by atoms with Crippen LogP contribution >= 0.6 is 11.6 Å². The molecule has 174 valence electrons. The number of alkyl halides is 3. The summed E-state index contributed by atoms with van der Waals surface area (Å²) in [5.41, 5.74) is -2.32. The van der Waals surface area contributed by atoms with E-state index < -0.39 is 47.4 Å². The molecule has 0 radical (unpaired) electrons. The molecule has 1 saturated heterocycles. The highest BCUT2D eigenvalue weighted by Crippen LogP contribution is 2.38. The molecule has 1 aliphatic rings. The Labute approximate surface area is 197 Å². The van der Waals surface area contributed by atoms with Crippen LogP contribution in [0.4, 0.5) is 23.7 Å². The number of imide groups is 1. The lowest BCUT2D eigenvalue weighted by Gasteiger charge is -2.28. The Hall–Kier alpha value is -3.85. The van der Waals surface area contributed by atoms with Gasteiger partial charge < -0.3 is 10.6 Å². The van der Waals surface area contributed by atoms with Gasteiger partial charge in [-0.3, -0.25) is 14.5 Å². The maximum Gasteiger partial charge on any atom is 0.418 e. The van der Waals surface area contributed by atoms with Crippen molar-refractivity contribution in [3.8, 4) is 0 Å². The van der Waals surface area contributed by atoms with E-state index in [9.17, 15) is 27.6 Å². The van der Waals surface area contributed by atoms with Gasteiger partial charge in [0.15, 0.2) is 5.54 Å². The van der Waals surface area contributed by atoms with E-state index in [-0.39, 0.29) is 5.02 Å². The zero-order valence-electron chi connectivity index (χ0n) is 17.4. The summed E-state index contributed by atoms with van der Waals surface area (Å²) in [6, 6.07) is 19.0. The maximum absolute atomic E-state index is 13.6. The normalized spacial score (nSPS) is 15.2. The number of anilines is 1. The highest BCUT2D eigenvalue weighted by atomic mass is 35.5. The van der Waals surface area contributed by atoms with Crippen molar-refractivity contribution in [2.24, 2.45) is 0 Å². The summed E-state index contributed by atoms with van der Waals surface area (Å²) < 4.78 is 40.0. The third kappa shape index (κ3) is 4.22. The fourth-order valence-corrected chi connectivity index (χ4v) is 4.02. The van der Waals surface area contributed by atoms with Crippen molar-refractivity contribution in [3.63, 3.8) is 0 Å². The molecular formula is C24H17ClF3N3O3. The number of hydrogen-bond acceptors (Lipinski definition) is 3. The van der Waals surface area contributed by atoms with Crippen molar-refractivity contribution in [1.29, 1.82) is 0 Å². The third-order valence-electron chi connectivity index (χ3n) is 5.38. The second-order valence-corrected chi connectivity index (χ2v) is 7.98. The molecule has 0 atom stereocenters. The van der Waals surface area contributed by atoms with Crippen molar-refractivity contribution < 1.29 is 27.6 Å². The first kappa shape index (κ1) is 23.3. The molecule has 0 spiro atoms. The first-order valence-corrected chi connectivity index (χ1v) is 10.4. The second-order valence-electron chi connectivity index (χ2n) is 7.54. The molecule has 0 aliphatic carbocycles. The van der Waals surface area contributed by atoms with Crippen LogP contribution in [0.3, 0.4) is 0 Å². The lowest BCUT2D eigenvalue weighted by atomic mass is 9.82. The minimum Gasteiger partial charge on any atom is -0.324 e. The van der Waals surface area contributed by atoms with Gasteiger partial charge in [-0.15, -0.1) is 0 Å². The van der Waals surface area contributed by atoms with Gasteiger partial charge in [0, 0.05) is 5.02 Å². The van der Waals surface area contributed by atoms with Gasteiger partial charge in [0.05, 0.1) is 11.3 Å². The molecule has 6 nitrogen and oxygen atoms in total. The van der Waals surface area contributed by atoms with Gasteiger partial charge in [0.25, 0.3) is 5.91 Å². The highest BCUT2D eigenvalue weighted by Gasteiger charge is 2.54. The van der Waals surface area contributed by atoms with Crippen LogP contribution in [-0.2, 0) is 21.3 Å². The molecule has 0 bridgehead atoms. The molecule has 1 aliphatic heterocycles. The zero-order valence-corrected chi connectivity index (χ0v) is 18.2. The van der Waals surface area contributed by atoms with Crippen LogP contribution in [0.1, 0.15) is 16.7 Å². The standard InChI is InChI=1S/C24H17ClF3N3O3/c25-17-11-12-19(18(13-17)24(26,27)28)29-20(32)14-31-21(33)23(30-22(31)34,15-7-3-1-4-8-15)16-9-5-2-6-10-16/h1-13H,14H2,(H,29,32)(H,30,34). The Bertz CT molecular complexity index is 1210. The number of amides is 4. The van der Waals surface area contributed by atoms with Gasteiger partial charge in [-0.1, -0.05) is 72.3 Å². The number of carbonyl (C=O) groups excluding carboxylic acids is 3. The van der Waals surface area contributed by atoms with Crippen LogP contribution < -0.4 is 10.6 Å². The smallest absolute Gasteiger partial charge is 0.324 e. The van der Waals surface area contributed by atoms with Gasteiger partial charge in [-0.05, 0) is 29.3 Å². The zero-order chi connectivity index (χ0) is 24.5. The van der Waals surface area contributed by atoms with Crippen molar-refractivity contribution in [3.05, 3.63) is 101 Å². The Morgan fingerprint density at radius 2 is 1.50 bits per heavy atom. The molecule has 10 heteroatoms. The molecule has 0 unspecified atom stereocenters. The number of nitrogens with one attached hydrogen (secondary N) is 2. The van der Waals surface area contributed by atoms with Gasteiger partial charge in [-0.2, -0.15) is 13.2 Å². The molecule has 1 fully saturated rings. The minimum atomic E-state index is -4.77. The van der Waals surface area contributed by atoms with E-state index in [2.05, 4.69) is 10.6 Å². The summed E-state index contributed by atoms with van der Waals surface area (Å²) in [4.78, 5) is 39.7. The predicted molar refractivity (Wildman–Crippen MR) is 119 cm³/mol. The van der Waals surface area contributed by atoms with E-state index in [4.69, 9.17) is 11.6 Å². The predicted octanol–water partition coefficient (Wildman–Crippen LogP) is 4.79. The number of hydrogen-bond donors (Lipinski definition) is 2. The summed E-state index contributed by atoms with van der Waals surface area (Å²) in [7, 11) is 0. The lowest BCUT2D eigenvalue weighted by Crippen LogP contribution is -2.45. The number of benzene rings is 3. The number of nitrogens with zero attached hydrogens (tertiary/aromatic N) is 1. The molecule has 0 saturated carbocycles. The summed E-state index contributed by atoms with van der Waals surface area (Å²) in [6.45, 7) is -0.786. The topological polar surface area (TPSA) is 78.5 Å². The minimum absolute atomic E-state index is 0.157. The number of halogens is 4. The van der Waals surface area contributed by atoms with E-state index in [1.165, 1.54) is 6.07 Å². The molecule has 3 aromatic carbocycles. The van der Waals surface area contributed by atoms with Gasteiger partial charge >= 0.3 is 12.2 Å². The summed E-state index contributed by atoms with van der Waals surface area (Å²) in [6.07, 6.45) is -4.77. The SMILES string of the molecule is O=C(CN1C(=O)NC(c2ccccc2)(c2ccccc2)C1=O)Nc1ccc(Cl)cc1C(F)(F)F. The Kier molecular flexibility index (Phi) is 6.05. The van der Waals surface area contributed by atoms with Crippen LogP contribution in [0, 0.1) is 0 Å². The Morgan fingerprint density at radius 1 is 0.941 bits per heavy atom. The third-order valence-corrected chi connectivity index (χ3v) is 5.62. The maximum atomic E-state index is 13.6. The van der Waals surface area contributed by atoms with Gasteiger partial charge in [0.2, 0.25) is 5.91 Å². The molecule has 0 aromatic heterocycles. The summed E-state index contributed by atoms with van der Waals surface area (Å²) in [5.74, 6) is -1.70. The van der Waals surface area contributed by atoms with E-state index >= 15 is 0 Å². The number of rotatable bonds is 5. The van der Waals surface area contributed by atoms with Crippen LogP contribution in [0.5, 0.6) is 0 Å². The van der Waals surface area contributed by atoms with Crippen LogP contribution in [0.25, 0.3) is 0 Å².